The van der Waals surface area contributed by atoms with E-state index in [1.807, 2.05) is 20.8 Å². The summed E-state index contributed by atoms with van der Waals surface area (Å²) in [5.41, 5.74) is 10.5. The van der Waals surface area contributed by atoms with Crippen molar-refractivity contribution in [3.8, 4) is 0 Å². The number of aryl methyl sites for hydroxylation is 1. The summed E-state index contributed by atoms with van der Waals surface area (Å²) in [5.74, 6) is 0.391. The minimum Gasteiger partial charge on any atom is -0.342 e. The predicted octanol–water partition coefficient (Wildman–Crippen LogP) is 4.58. The summed E-state index contributed by atoms with van der Waals surface area (Å²) in [6.45, 7) is 7.57. The van der Waals surface area contributed by atoms with Crippen LogP contribution in [0.15, 0.2) is 18.2 Å². The summed E-state index contributed by atoms with van der Waals surface area (Å²) in [5, 5.41) is 1.45. The Kier molecular flexibility index (Phi) is 5.98. The molecular weight excluding hydrogens is 412 g/mol. The van der Waals surface area contributed by atoms with Crippen molar-refractivity contribution in [2.45, 2.75) is 90.6 Å². The summed E-state index contributed by atoms with van der Waals surface area (Å²) in [7, 11) is 0. The summed E-state index contributed by atoms with van der Waals surface area (Å²) in [4.78, 5) is 27.0. The lowest BCUT2D eigenvalue weighted by Crippen LogP contribution is -2.51. The molecule has 33 heavy (non-hydrogen) atoms. The number of carbonyl (C=O) groups is 2. The third-order valence-corrected chi connectivity index (χ3v) is 7.93. The largest absolute Gasteiger partial charge is 0.342 e. The lowest BCUT2D eigenvalue weighted by molar-refractivity contribution is -0.134. The number of hydrazine groups is 1. The monoisotopic (exact) mass is 450 g/mol. The van der Waals surface area contributed by atoms with Crippen molar-refractivity contribution in [1.82, 2.24) is 20.3 Å². The molecule has 5 rings (SSSR count). The van der Waals surface area contributed by atoms with Gasteiger partial charge in [-0.05, 0) is 61.3 Å². The number of aromatic nitrogens is 1. The van der Waals surface area contributed by atoms with E-state index < -0.39 is 5.41 Å². The standard InChI is InChI=1S/C27H38N4O2/c1-27(2,3)26(33)29-28-24(32)17-30-14-15-31-22-13-12-19(18-8-5-4-6-9-18)16-21(22)20-10-7-11-23(30)25(20)31/h12-13,16,18,23H,4-11,14-15,17H2,1-3H3,(H,28,32)(H,29,33)/t23-/m0/s1. The Labute approximate surface area is 197 Å². The molecular formula is C27H38N4O2. The van der Waals surface area contributed by atoms with E-state index in [0.29, 0.717) is 6.54 Å². The van der Waals surface area contributed by atoms with Gasteiger partial charge in [-0.1, -0.05) is 46.1 Å². The molecule has 1 atom stereocenters. The first-order chi connectivity index (χ1) is 15.8. The zero-order valence-corrected chi connectivity index (χ0v) is 20.4. The molecule has 2 amide bonds. The van der Waals surface area contributed by atoms with Crippen molar-refractivity contribution in [3.05, 3.63) is 35.0 Å². The maximum absolute atomic E-state index is 12.6. The van der Waals surface area contributed by atoms with Crippen LogP contribution in [0.5, 0.6) is 0 Å². The molecule has 2 aromatic rings. The lowest BCUT2D eigenvalue weighted by Gasteiger charge is -2.39. The second-order valence-electron chi connectivity index (χ2n) is 11.3. The van der Waals surface area contributed by atoms with Crippen molar-refractivity contribution >= 4 is 22.7 Å². The third-order valence-electron chi connectivity index (χ3n) is 7.93. The van der Waals surface area contributed by atoms with Crippen LogP contribution in [0.2, 0.25) is 0 Å². The summed E-state index contributed by atoms with van der Waals surface area (Å²) in [6.07, 6.45) is 10.1. The molecule has 1 aliphatic heterocycles. The molecule has 1 aromatic carbocycles. The molecule has 3 aliphatic rings. The molecule has 0 saturated heterocycles. The number of nitrogens with one attached hydrogen (secondary N) is 2. The highest BCUT2D eigenvalue weighted by Crippen LogP contribution is 2.44. The van der Waals surface area contributed by atoms with Crippen molar-refractivity contribution in [1.29, 1.82) is 0 Å². The number of hydrogen-bond donors (Lipinski definition) is 2. The number of amides is 2. The zero-order chi connectivity index (χ0) is 23.2. The Balaban J connectivity index is 1.36. The fraction of sp³-hybridized carbons (Fsp3) is 0.630. The molecule has 0 unspecified atom stereocenters. The van der Waals surface area contributed by atoms with Crippen LogP contribution in [0, 0.1) is 5.41 Å². The summed E-state index contributed by atoms with van der Waals surface area (Å²) >= 11 is 0. The molecule has 0 bridgehead atoms. The number of rotatable bonds is 3. The molecule has 2 N–H and O–H groups in total. The van der Waals surface area contributed by atoms with E-state index >= 15 is 0 Å². The van der Waals surface area contributed by atoms with E-state index in [-0.39, 0.29) is 17.9 Å². The maximum atomic E-state index is 12.6. The fourth-order valence-electron chi connectivity index (χ4n) is 6.11. The van der Waals surface area contributed by atoms with Gasteiger partial charge in [0.25, 0.3) is 5.91 Å². The molecule has 0 spiro atoms. The van der Waals surface area contributed by atoms with Gasteiger partial charge in [-0.2, -0.15) is 0 Å². The van der Waals surface area contributed by atoms with Gasteiger partial charge in [-0.3, -0.25) is 25.3 Å². The van der Waals surface area contributed by atoms with Crippen molar-refractivity contribution in [2.75, 3.05) is 13.1 Å². The van der Waals surface area contributed by atoms with Crippen molar-refractivity contribution < 1.29 is 9.59 Å². The van der Waals surface area contributed by atoms with Gasteiger partial charge in [0.15, 0.2) is 0 Å². The molecule has 2 aliphatic carbocycles. The predicted molar refractivity (Wildman–Crippen MR) is 131 cm³/mol. The maximum Gasteiger partial charge on any atom is 0.252 e. The van der Waals surface area contributed by atoms with Gasteiger partial charge in [0, 0.05) is 35.1 Å². The summed E-state index contributed by atoms with van der Waals surface area (Å²) < 4.78 is 2.52. The summed E-state index contributed by atoms with van der Waals surface area (Å²) in [6, 6.07) is 7.50. The van der Waals surface area contributed by atoms with E-state index in [9.17, 15) is 9.59 Å². The van der Waals surface area contributed by atoms with Gasteiger partial charge in [0.2, 0.25) is 5.91 Å². The van der Waals surface area contributed by atoms with E-state index in [1.54, 1.807) is 0 Å². The molecule has 1 fully saturated rings. The second kappa shape index (κ2) is 8.79. The molecule has 2 heterocycles. The average Bonchev–Trinajstić information content (AvgIpc) is 3.13. The Morgan fingerprint density at radius 2 is 1.79 bits per heavy atom. The van der Waals surface area contributed by atoms with Gasteiger partial charge >= 0.3 is 0 Å². The SMILES string of the molecule is CC(C)(C)C(=O)NNC(=O)CN1CCn2c3c(c4cc(C5CCCCC5)ccc42)CCC[C@@H]31. The molecule has 1 aromatic heterocycles. The van der Waals surface area contributed by atoms with E-state index in [2.05, 4.69) is 38.5 Å². The molecule has 6 heteroatoms. The Hall–Kier alpha value is -2.34. The topological polar surface area (TPSA) is 66.4 Å². The first-order valence-corrected chi connectivity index (χ1v) is 12.8. The minimum atomic E-state index is -0.534. The van der Waals surface area contributed by atoms with Gasteiger partial charge in [0.1, 0.15) is 0 Å². The van der Waals surface area contributed by atoms with Gasteiger partial charge < -0.3 is 4.57 Å². The normalized spacial score (nSPS) is 21.6. The number of nitrogens with zero attached hydrogens (tertiary/aromatic N) is 2. The number of carbonyl (C=O) groups excluding carboxylic acids is 2. The van der Waals surface area contributed by atoms with Crippen molar-refractivity contribution in [3.63, 3.8) is 0 Å². The lowest BCUT2D eigenvalue weighted by atomic mass is 9.83. The fourth-order valence-corrected chi connectivity index (χ4v) is 6.11. The number of fused-ring (bicyclic) bond motifs is 3. The van der Waals surface area contributed by atoms with E-state index in [4.69, 9.17) is 0 Å². The molecule has 1 saturated carbocycles. The van der Waals surface area contributed by atoms with Crippen LogP contribution in [0.3, 0.4) is 0 Å². The van der Waals surface area contributed by atoms with Crippen LogP contribution in [-0.4, -0.2) is 34.4 Å². The van der Waals surface area contributed by atoms with Crippen LogP contribution in [0.25, 0.3) is 10.9 Å². The Morgan fingerprint density at radius 3 is 2.55 bits per heavy atom. The molecule has 6 nitrogen and oxygen atoms in total. The minimum absolute atomic E-state index is 0.149. The van der Waals surface area contributed by atoms with E-state index in [0.717, 1.165) is 38.3 Å². The van der Waals surface area contributed by atoms with Gasteiger partial charge in [-0.15, -0.1) is 0 Å². The van der Waals surface area contributed by atoms with Crippen LogP contribution in [0.1, 0.15) is 94.5 Å². The average molecular weight is 451 g/mol. The van der Waals surface area contributed by atoms with Crippen LogP contribution in [-0.2, 0) is 22.6 Å². The zero-order valence-electron chi connectivity index (χ0n) is 20.4. The first kappa shape index (κ1) is 22.5. The Bertz CT molecular complexity index is 1060. The smallest absolute Gasteiger partial charge is 0.252 e. The highest BCUT2D eigenvalue weighted by atomic mass is 16.2. The van der Waals surface area contributed by atoms with Crippen LogP contribution < -0.4 is 10.9 Å². The van der Waals surface area contributed by atoms with E-state index in [1.165, 1.54) is 59.8 Å². The Morgan fingerprint density at radius 1 is 1.00 bits per heavy atom. The second-order valence-corrected chi connectivity index (χ2v) is 11.3. The third kappa shape index (κ3) is 4.30. The van der Waals surface area contributed by atoms with Gasteiger partial charge in [-0.25, -0.2) is 0 Å². The number of hydrogen-bond acceptors (Lipinski definition) is 3. The van der Waals surface area contributed by atoms with Crippen LogP contribution >= 0.6 is 0 Å². The molecule has 178 valence electrons. The quantitative estimate of drug-likeness (QED) is 0.673. The van der Waals surface area contributed by atoms with Gasteiger partial charge in [0.05, 0.1) is 12.6 Å². The molecule has 0 radical (unpaired) electrons. The highest BCUT2D eigenvalue weighted by molar-refractivity contribution is 5.88. The first-order valence-electron chi connectivity index (χ1n) is 12.8. The van der Waals surface area contributed by atoms with Crippen molar-refractivity contribution in [2.24, 2.45) is 5.41 Å². The van der Waals surface area contributed by atoms with Crippen LogP contribution in [0.4, 0.5) is 0 Å². The highest BCUT2D eigenvalue weighted by Gasteiger charge is 2.36. The number of benzene rings is 1.